The molecule has 0 aliphatic heterocycles. The number of carbonyl (C=O) groups excluding carboxylic acids is 1. The molecule has 0 aliphatic carbocycles. The maximum atomic E-state index is 12.2. The first-order valence-electron chi connectivity index (χ1n) is 5.40. The number of furan rings is 1. The van der Waals surface area contributed by atoms with E-state index in [2.05, 4.69) is 5.10 Å². The lowest BCUT2D eigenvalue weighted by Crippen LogP contribution is -2.11. The normalized spacial score (nSPS) is 10.6. The number of nitrogens with zero attached hydrogens (tertiary/aromatic N) is 2. The van der Waals surface area contributed by atoms with Crippen molar-refractivity contribution >= 4 is 5.78 Å². The SMILES string of the molecule is CCc1occc1C(=O)c1ccnn1CC. The maximum absolute atomic E-state index is 12.2. The number of hydrogen-bond donors (Lipinski definition) is 0. The fraction of sp³-hybridized carbons (Fsp3) is 0.333. The van der Waals surface area contributed by atoms with E-state index in [1.165, 1.54) is 0 Å². The van der Waals surface area contributed by atoms with Crippen molar-refractivity contribution in [2.45, 2.75) is 26.8 Å². The summed E-state index contributed by atoms with van der Waals surface area (Å²) in [4.78, 5) is 12.2. The van der Waals surface area contributed by atoms with E-state index >= 15 is 0 Å². The van der Waals surface area contributed by atoms with Gasteiger partial charge in [-0.25, -0.2) is 0 Å². The van der Waals surface area contributed by atoms with Gasteiger partial charge >= 0.3 is 0 Å². The van der Waals surface area contributed by atoms with E-state index in [0.29, 0.717) is 24.2 Å². The van der Waals surface area contributed by atoms with Crippen LogP contribution in [0, 0.1) is 0 Å². The van der Waals surface area contributed by atoms with Gasteiger partial charge in [0.05, 0.1) is 11.8 Å². The third-order valence-electron chi connectivity index (χ3n) is 2.56. The highest BCUT2D eigenvalue weighted by atomic mass is 16.3. The highest BCUT2D eigenvalue weighted by Crippen LogP contribution is 2.16. The van der Waals surface area contributed by atoms with Gasteiger partial charge in [-0.2, -0.15) is 5.10 Å². The molecule has 2 aromatic heterocycles. The van der Waals surface area contributed by atoms with E-state index in [1.807, 2.05) is 13.8 Å². The zero-order valence-corrected chi connectivity index (χ0v) is 9.43. The molecular formula is C12H14N2O2. The average molecular weight is 218 g/mol. The first-order valence-corrected chi connectivity index (χ1v) is 5.40. The number of hydrogen-bond acceptors (Lipinski definition) is 3. The summed E-state index contributed by atoms with van der Waals surface area (Å²) in [7, 11) is 0. The van der Waals surface area contributed by atoms with Crippen LogP contribution in [0.25, 0.3) is 0 Å². The Bertz CT molecular complexity index is 452. The molecule has 2 heterocycles. The highest BCUT2D eigenvalue weighted by molar-refractivity contribution is 6.08. The van der Waals surface area contributed by atoms with Gasteiger partial charge in [-0.3, -0.25) is 9.48 Å². The van der Waals surface area contributed by atoms with Gasteiger partial charge in [0.15, 0.2) is 0 Å². The van der Waals surface area contributed by atoms with Gasteiger partial charge in [-0.05, 0) is 19.1 Å². The van der Waals surface area contributed by atoms with Crippen molar-refractivity contribution < 1.29 is 9.21 Å². The minimum absolute atomic E-state index is 0.0232. The molecule has 4 heteroatoms. The van der Waals surface area contributed by atoms with Crippen LogP contribution >= 0.6 is 0 Å². The summed E-state index contributed by atoms with van der Waals surface area (Å²) >= 11 is 0. The quantitative estimate of drug-likeness (QED) is 0.740. The topological polar surface area (TPSA) is 48.0 Å². The summed E-state index contributed by atoms with van der Waals surface area (Å²) in [5, 5.41) is 4.09. The second-order valence-electron chi connectivity index (χ2n) is 3.47. The Morgan fingerprint density at radius 2 is 2.25 bits per heavy atom. The van der Waals surface area contributed by atoms with E-state index in [9.17, 15) is 4.79 Å². The third kappa shape index (κ3) is 1.66. The monoisotopic (exact) mass is 218 g/mol. The molecule has 2 rings (SSSR count). The summed E-state index contributed by atoms with van der Waals surface area (Å²) in [6.45, 7) is 4.61. The molecular weight excluding hydrogens is 204 g/mol. The average Bonchev–Trinajstić information content (AvgIpc) is 2.96. The molecule has 0 atom stereocenters. The van der Waals surface area contributed by atoms with Crippen molar-refractivity contribution in [3.05, 3.63) is 41.6 Å². The molecule has 0 saturated carbocycles. The third-order valence-corrected chi connectivity index (χ3v) is 2.56. The molecule has 0 N–H and O–H groups in total. The molecule has 0 unspecified atom stereocenters. The molecule has 0 amide bonds. The smallest absolute Gasteiger partial charge is 0.214 e. The van der Waals surface area contributed by atoms with Crippen LogP contribution in [0.15, 0.2) is 29.0 Å². The summed E-state index contributed by atoms with van der Waals surface area (Å²) < 4.78 is 6.95. The van der Waals surface area contributed by atoms with Gasteiger partial charge in [0.25, 0.3) is 0 Å². The van der Waals surface area contributed by atoms with Crippen molar-refractivity contribution in [2.75, 3.05) is 0 Å². The van der Waals surface area contributed by atoms with Crippen LogP contribution < -0.4 is 0 Å². The van der Waals surface area contributed by atoms with Crippen molar-refractivity contribution in [3.8, 4) is 0 Å². The molecule has 0 radical (unpaired) electrons. The van der Waals surface area contributed by atoms with Crippen LogP contribution in [0.4, 0.5) is 0 Å². The molecule has 0 fully saturated rings. The standard InChI is InChI=1S/C12H14N2O2/c1-3-11-9(6-8-16-11)12(15)10-5-7-13-14(10)4-2/h5-8H,3-4H2,1-2H3. The van der Waals surface area contributed by atoms with Crippen LogP contribution in [0.2, 0.25) is 0 Å². The fourth-order valence-corrected chi connectivity index (χ4v) is 1.73. The highest BCUT2D eigenvalue weighted by Gasteiger charge is 2.18. The van der Waals surface area contributed by atoms with E-state index in [-0.39, 0.29) is 5.78 Å². The zero-order chi connectivity index (χ0) is 11.5. The number of carbonyl (C=O) groups is 1. The lowest BCUT2D eigenvalue weighted by Gasteiger charge is -2.03. The largest absolute Gasteiger partial charge is 0.469 e. The molecule has 0 aliphatic rings. The molecule has 84 valence electrons. The number of rotatable bonds is 4. The first-order chi connectivity index (χ1) is 7.77. The summed E-state index contributed by atoms with van der Waals surface area (Å²) in [5.74, 6) is 0.707. The molecule has 0 aromatic carbocycles. The minimum Gasteiger partial charge on any atom is -0.469 e. The van der Waals surface area contributed by atoms with Crippen LogP contribution in [-0.2, 0) is 13.0 Å². The van der Waals surface area contributed by atoms with Crippen molar-refractivity contribution in [3.63, 3.8) is 0 Å². The van der Waals surface area contributed by atoms with Crippen molar-refractivity contribution in [1.82, 2.24) is 9.78 Å². The molecule has 0 bridgehead atoms. The Balaban J connectivity index is 2.39. The fourth-order valence-electron chi connectivity index (χ4n) is 1.73. The second-order valence-corrected chi connectivity index (χ2v) is 3.47. The van der Waals surface area contributed by atoms with Gasteiger partial charge < -0.3 is 4.42 Å². The molecule has 4 nitrogen and oxygen atoms in total. The Hall–Kier alpha value is -1.84. The van der Waals surface area contributed by atoms with Gasteiger partial charge in [0.2, 0.25) is 5.78 Å². The Labute approximate surface area is 93.9 Å². The van der Waals surface area contributed by atoms with Gasteiger partial charge in [-0.15, -0.1) is 0 Å². The Morgan fingerprint density at radius 1 is 1.44 bits per heavy atom. The molecule has 2 aromatic rings. The zero-order valence-electron chi connectivity index (χ0n) is 9.43. The first kappa shape index (κ1) is 10.7. The predicted octanol–water partition coefficient (Wildman–Crippen LogP) is 2.29. The lowest BCUT2D eigenvalue weighted by atomic mass is 10.1. The summed E-state index contributed by atoms with van der Waals surface area (Å²) in [6, 6.07) is 3.45. The van der Waals surface area contributed by atoms with Gasteiger partial charge in [-0.1, -0.05) is 6.92 Å². The van der Waals surface area contributed by atoms with E-state index < -0.39 is 0 Å². The van der Waals surface area contributed by atoms with Crippen LogP contribution in [-0.4, -0.2) is 15.6 Å². The summed E-state index contributed by atoms with van der Waals surface area (Å²) in [5.41, 5.74) is 1.25. The predicted molar refractivity (Wildman–Crippen MR) is 59.4 cm³/mol. The van der Waals surface area contributed by atoms with Crippen molar-refractivity contribution in [2.24, 2.45) is 0 Å². The molecule has 0 spiro atoms. The van der Waals surface area contributed by atoms with Crippen molar-refractivity contribution in [1.29, 1.82) is 0 Å². The number of ketones is 1. The van der Waals surface area contributed by atoms with Crippen LogP contribution in [0.3, 0.4) is 0 Å². The lowest BCUT2D eigenvalue weighted by molar-refractivity contribution is 0.102. The van der Waals surface area contributed by atoms with E-state index in [4.69, 9.17) is 4.42 Å². The van der Waals surface area contributed by atoms with Crippen LogP contribution in [0.1, 0.15) is 35.7 Å². The Kier molecular flexibility index (Phi) is 2.90. The Morgan fingerprint density at radius 3 is 2.94 bits per heavy atom. The molecule has 0 saturated heterocycles. The van der Waals surface area contributed by atoms with Gasteiger partial charge in [0.1, 0.15) is 11.5 Å². The van der Waals surface area contributed by atoms with Gasteiger partial charge in [0, 0.05) is 19.2 Å². The maximum Gasteiger partial charge on any atom is 0.214 e. The number of aromatic nitrogens is 2. The van der Waals surface area contributed by atoms with E-state index in [1.54, 1.807) is 29.3 Å². The second kappa shape index (κ2) is 4.35. The molecule has 16 heavy (non-hydrogen) atoms. The summed E-state index contributed by atoms with van der Waals surface area (Å²) in [6.07, 6.45) is 3.91. The van der Waals surface area contributed by atoms with Crippen LogP contribution in [0.5, 0.6) is 0 Å². The van der Waals surface area contributed by atoms with E-state index in [0.717, 1.165) is 5.76 Å². The number of aryl methyl sites for hydroxylation is 2. The minimum atomic E-state index is -0.0232.